The molecule has 0 saturated heterocycles. The zero-order valence-corrected chi connectivity index (χ0v) is 13.3. The molecular formula is C17H16N2OSi. The van der Waals surface area contributed by atoms with Gasteiger partial charge in [-0.3, -0.25) is 0 Å². The van der Waals surface area contributed by atoms with Crippen LogP contribution in [0.15, 0.2) is 52.7 Å². The van der Waals surface area contributed by atoms with Gasteiger partial charge in [-0.15, -0.1) is 10.2 Å². The lowest BCUT2D eigenvalue weighted by Crippen LogP contribution is -2.29. The summed E-state index contributed by atoms with van der Waals surface area (Å²) in [6.07, 6.45) is 0. The van der Waals surface area contributed by atoms with E-state index in [0.29, 0.717) is 0 Å². The molecule has 21 heavy (non-hydrogen) atoms. The minimum Gasteiger partial charge on any atom is -0.543 e. The van der Waals surface area contributed by atoms with Gasteiger partial charge in [0.2, 0.25) is 8.32 Å². The van der Waals surface area contributed by atoms with E-state index in [0.717, 1.165) is 38.7 Å². The standard InChI is InChI=1S/C17H16N2OSi/c1-21(2,3)20-17-12-8-5-4-7-11(12)16-15-13(17)9-6-10-14(15)18-19-16/h4-10H,1-3H3. The van der Waals surface area contributed by atoms with Gasteiger partial charge in [-0.2, -0.15) is 0 Å². The van der Waals surface area contributed by atoms with E-state index < -0.39 is 8.32 Å². The number of fused-ring (bicyclic) bond motifs is 2. The Morgan fingerprint density at radius 1 is 0.810 bits per heavy atom. The fourth-order valence-electron chi connectivity index (χ4n) is 2.85. The molecule has 0 bridgehead atoms. The Kier molecular flexibility index (Phi) is 2.47. The SMILES string of the molecule is C[Si](C)(C)Oc1c2ccccc2c2c3c(cccc13)N=N2. The van der Waals surface area contributed by atoms with Gasteiger partial charge in [0.25, 0.3) is 0 Å². The second-order valence-corrected chi connectivity index (χ2v) is 10.8. The second kappa shape index (κ2) is 4.15. The summed E-state index contributed by atoms with van der Waals surface area (Å²) in [6.45, 7) is 6.62. The molecule has 3 nitrogen and oxygen atoms in total. The smallest absolute Gasteiger partial charge is 0.242 e. The lowest BCUT2D eigenvalue weighted by molar-refractivity contribution is 0.570. The number of rotatable bonds is 2. The number of hydrogen-bond donors (Lipinski definition) is 0. The van der Waals surface area contributed by atoms with E-state index in [-0.39, 0.29) is 0 Å². The molecule has 0 spiro atoms. The first-order valence-electron chi connectivity index (χ1n) is 7.13. The van der Waals surface area contributed by atoms with Crippen LogP contribution in [0.3, 0.4) is 0 Å². The topological polar surface area (TPSA) is 34.0 Å². The van der Waals surface area contributed by atoms with Crippen LogP contribution in [0, 0.1) is 0 Å². The molecule has 0 fully saturated rings. The third kappa shape index (κ3) is 1.87. The summed E-state index contributed by atoms with van der Waals surface area (Å²) in [6, 6.07) is 14.4. The summed E-state index contributed by atoms with van der Waals surface area (Å²) in [4.78, 5) is 0. The predicted molar refractivity (Wildman–Crippen MR) is 89.6 cm³/mol. The van der Waals surface area contributed by atoms with Crippen molar-refractivity contribution in [2.24, 2.45) is 10.2 Å². The summed E-state index contributed by atoms with van der Waals surface area (Å²) < 4.78 is 6.42. The maximum Gasteiger partial charge on any atom is 0.242 e. The molecule has 1 aliphatic heterocycles. The van der Waals surface area contributed by atoms with Crippen LogP contribution in [0.4, 0.5) is 11.4 Å². The van der Waals surface area contributed by atoms with E-state index in [9.17, 15) is 0 Å². The highest BCUT2D eigenvalue weighted by Crippen LogP contribution is 2.50. The van der Waals surface area contributed by atoms with Crippen molar-refractivity contribution < 1.29 is 4.43 Å². The van der Waals surface area contributed by atoms with Gasteiger partial charge >= 0.3 is 0 Å². The molecule has 104 valence electrons. The van der Waals surface area contributed by atoms with Crippen LogP contribution in [0.1, 0.15) is 0 Å². The van der Waals surface area contributed by atoms with Crippen molar-refractivity contribution in [2.75, 3.05) is 0 Å². The Hall–Kier alpha value is -2.20. The summed E-state index contributed by atoms with van der Waals surface area (Å²) >= 11 is 0. The van der Waals surface area contributed by atoms with E-state index in [1.54, 1.807) is 0 Å². The Labute approximate surface area is 124 Å². The zero-order chi connectivity index (χ0) is 14.6. The molecule has 4 heteroatoms. The highest BCUT2D eigenvalue weighted by molar-refractivity contribution is 6.70. The van der Waals surface area contributed by atoms with Crippen molar-refractivity contribution in [3.8, 4) is 5.75 Å². The van der Waals surface area contributed by atoms with E-state index in [1.807, 2.05) is 24.3 Å². The molecule has 3 aromatic carbocycles. The first-order chi connectivity index (χ1) is 10.0. The first-order valence-corrected chi connectivity index (χ1v) is 10.5. The Morgan fingerprint density at radius 2 is 1.52 bits per heavy atom. The number of benzene rings is 3. The van der Waals surface area contributed by atoms with Gasteiger partial charge in [-0.25, -0.2) is 0 Å². The van der Waals surface area contributed by atoms with Crippen molar-refractivity contribution in [1.82, 2.24) is 0 Å². The van der Waals surface area contributed by atoms with Crippen molar-refractivity contribution in [2.45, 2.75) is 19.6 Å². The molecule has 0 aliphatic carbocycles. The first kappa shape index (κ1) is 12.5. The highest BCUT2D eigenvalue weighted by atomic mass is 28.4. The van der Waals surface area contributed by atoms with Gasteiger partial charge in [-0.1, -0.05) is 36.4 Å². The number of azo groups is 1. The predicted octanol–water partition coefficient (Wildman–Crippen LogP) is 5.94. The fraction of sp³-hybridized carbons (Fsp3) is 0.176. The van der Waals surface area contributed by atoms with Crippen LogP contribution in [0.5, 0.6) is 5.75 Å². The Balaban J connectivity index is 2.20. The van der Waals surface area contributed by atoms with Crippen LogP contribution in [-0.4, -0.2) is 8.32 Å². The second-order valence-electron chi connectivity index (χ2n) is 6.34. The summed E-state index contributed by atoms with van der Waals surface area (Å²) in [5.74, 6) is 0.984. The Morgan fingerprint density at radius 3 is 2.29 bits per heavy atom. The maximum absolute atomic E-state index is 6.42. The third-order valence-corrected chi connectivity index (χ3v) is 4.43. The van der Waals surface area contributed by atoms with Gasteiger partial charge in [0.1, 0.15) is 11.4 Å². The molecule has 3 aromatic rings. The molecule has 0 amide bonds. The van der Waals surface area contributed by atoms with Crippen LogP contribution >= 0.6 is 0 Å². The van der Waals surface area contributed by atoms with Crippen LogP contribution in [0.25, 0.3) is 21.5 Å². The molecular weight excluding hydrogens is 276 g/mol. The van der Waals surface area contributed by atoms with Gasteiger partial charge in [0.05, 0.1) is 5.69 Å². The quantitative estimate of drug-likeness (QED) is 0.333. The fourth-order valence-corrected chi connectivity index (χ4v) is 3.69. The summed E-state index contributed by atoms with van der Waals surface area (Å²) in [7, 11) is -1.71. The monoisotopic (exact) mass is 292 g/mol. The van der Waals surface area contributed by atoms with Gasteiger partial charge in [0, 0.05) is 21.5 Å². The van der Waals surface area contributed by atoms with Crippen LogP contribution < -0.4 is 4.43 Å². The van der Waals surface area contributed by atoms with Gasteiger partial charge in [0.15, 0.2) is 0 Å². The average molecular weight is 292 g/mol. The van der Waals surface area contributed by atoms with Crippen molar-refractivity contribution in [1.29, 1.82) is 0 Å². The Bertz CT molecular complexity index is 910. The number of nitrogens with zero attached hydrogens (tertiary/aromatic N) is 2. The van der Waals surface area contributed by atoms with E-state index >= 15 is 0 Å². The van der Waals surface area contributed by atoms with Crippen molar-refractivity contribution in [3.05, 3.63) is 42.5 Å². The largest absolute Gasteiger partial charge is 0.543 e. The molecule has 1 heterocycles. The molecule has 0 unspecified atom stereocenters. The average Bonchev–Trinajstić information content (AvgIpc) is 2.87. The molecule has 0 atom stereocenters. The minimum absolute atomic E-state index is 0.939. The molecule has 1 aliphatic rings. The third-order valence-electron chi connectivity index (χ3n) is 3.62. The number of hydrogen-bond acceptors (Lipinski definition) is 3. The normalized spacial score (nSPS) is 13.3. The van der Waals surface area contributed by atoms with E-state index in [2.05, 4.69) is 48.1 Å². The minimum atomic E-state index is -1.71. The van der Waals surface area contributed by atoms with Crippen molar-refractivity contribution in [3.63, 3.8) is 0 Å². The summed E-state index contributed by atoms with van der Waals surface area (Å²) in [5.41, 5.74) is 1.91. The van der Waals surface area contributed by atoms with E-state index in [1.165, 1.54) is 0 Å². The van der Waals surface area contributed by atoms with Crippen LogP contribution in [-0.2, 0) is 0 Å². The highest BCUT2D eigenvalue weighted by Gasteiger charge is 2.24. The van der Waals surface area contributed by atoms with E-state index in [4.69, 9.17) is 4.43 Å². The molecule has 0 saturated carbocycles. The lowest BCUT2D eigenvalue weighted by atomic mass is 9.99. The molecule has 4 rings (SSSR count). The molecule has 0 aromatic heterocycles. The van der Waals surface area contributed by atoms with Gasteiger partial charge < -0.3 is 4.43 Å². The maximum atomic E-state index is 6.42. The van der Waals surface area contributed by atoms with Crippen LogP contribution in [0.2, 0.25) is 19.6 Å². The lowest BCUT2D eigenvalue weighted by Gasteiger charge is -2.22. The molecule has 0 N–H and O–H groups in total. The molecule has 0 radical (unpaired) electrons. The summed E-state index contributed by atoms with van der Waals surface area (Å²) in [5, 5.41) is 13.2. The zero-order valence-electron chi connectivity index (χ0n) is 12.3. The van der Waals surface area contributed by atoms with Gasteiger partial charge in [-0.05, 0) is 25.7 Å². The van der Waals surface area contributed by atoms with Crippen molar-refractivity contribution >= 4 is 41.2 Å².